The van der Waals surface area contributed by atoms with Crippen LogP contribution in [0.2, 0.25) is 0 Å². The van der Waals surface area contributed by atoms with Gasteiger partial charge in [-0.2, -0.15) is 0 Å². The van der Waals surface area contributed by atoms with E-state index >= 15 is 0 Å². The Labute approximate surface area is 120 Å². The molecular formula is C14H16F2N2O3. The van der Waals surface area contributed by atoms with Gasteiger partial charge in [-0.05, 0) is 18.2 Å². The average Bonchev–Trinajstić information content (AvgIpc) is 2.80. The lowest BCUT2D eigenvalue weighted by molar-refractivity contribution is 0.0148. The van der Waals surface area contributed by atoms with Crippen molar-refractivity contribution in [3.8, 4) is 0 Å². The first-order valence-corrected chi connectivity index (χ1v) is 6.61. The molecular weight excluding hydrogens is 282 g/mol. The highest BCUT2D eigenvalue weighted by Crippen LogP contribution is 2.18. The summed E-state index contributed by atoms with van der Waals surface area (Å²) in [5, 5.41) is 8.98. The van der Waals surface area contributed by atoms with Crippen LogP contribution in [-0.4, -0.2) is 40.3 Å². The summed E-state index contributed by atoms with van der Waals surface area (Å²) in [5.74, 6) is -0.238. The van der Waals surface area contributed by atoms with Gasteiger partial charge in [0.05, 0.1) is 23.2 Å². The summed E-state index contributed by atoms with van der Waals surface area (Å²) in [5.41, 5.74) is 1.53. The Morgan fingerprint density at radius 2 is 2.24 bits per heavy atom. The summed E-state index contributed by atoms with van der Waals surface area (Å²) in [6.45, 7) is 1.90. The van der Waals surface area contributed by atoms with Gasteiger partial charge < -0.3 is 14.4 Å². The Hall–Kier alpha value is -2.02. The second kappa shape index (κ2) is 6.62. The molecule has 0 saturated carbocycles. The van der Waals surface area contributed by atoms with E-state index in [1.165, 1.54) is 12.1 Å². The number of nitrogens with zero attached hydrogens (tertiary/aromatic N) is 2. The number of halogens is 2. The molecule has 0 saturated heterocycles. The Kier molecular flexibility index (Phi) is 4.85. The fourth-order valence-electron chi connectivity index (χ4n) is 2.16. The molecule has 1 aromatic heterocycles. The number of carboxylic acids is 1. The fourth-order valence-corrected chi connectivity index (χ4v) is 2.16. The van der Waals surface area contributed by atoms with Crippen molar-refractivity contribution in [1.29, 1.82) is 0 Å². The first kappa shape index (κ1) is 15.4. The molecule has 0 aliphatic heterocycles. The van der Waals surface area contributed by atoms with Crippen molar-refractivity contribution in [2.75, 3.05) is 13.2 Å². The number of hydrogen-bond acceptors (Lipinski definition) is 3. The second-order valence-corrected chi connectivity index (χ2v) is 4.51. The van der Waals surface area contributed by atoms with Crippen molar-refractivity contribution in [2.24, 2.45) is 0 Å². The molecule has 0 fully saturated rings. The van der Waals surface area contributed by atoms with Crippen molar-refractivity contribution in [2.45, 2.75) is 26.3 Å². The van der Waals surface area contributed by atoms with Crippen molar-refractivity contribution in [3.63, 3.8) is 0 Å². The van der Waals surface area contributed by atoms with Crippen LogP contribution in [0.1, 0.15) is 23.1 Å². The van der Waals surface area contributed by atoms with Gasteiger partial charge in [0.15, 0.2) is 0 Å². The summed E-state index contributed by atoms with van der Waals surface area (Å²) in [6, 6.07) is 4.69. The topological polar surface area (TPSA) is 64.3 Å². The molecule has 2 rings (SSSR count). The molecule has 2 aromatic rings. The largest absolute Gasteiger partial charge is 0.478 e. The summed E-state index contributed by atoms with van der Waals surface area (Å²) in [6.07, 6.45) is -1.82. The first-order valence-electron chi connectivity index (χ1n) is 6.61. The zero-order chi connectivity index (χ0) is 15.4. The van der Waals surface area contributed by atoms with E-state index in [1.807, 2.05) is 11.5 Å². The third-order valence-electron chi connectivity index (χ3n) is 3.09. The molecule has 1 aromatic carbocycles. The molecule has 21 heavy (non-hydrogen) atoms. The van der Waals surface area contributed by atoms with E-state index < -0.39 is 19.0 Å². The van der Waals surface area contributed by atoms with Gasteiger partial charge in [-0.1, -0.05) is 6.92 Å². The van der Waals surface area contributed by atoms with Crippen LogP contribution in [0.4, 0.5) is 8.78 Å². The maximum absolute atomic E-state index is 12.0. The number of rotatable bonds is 7. The van der Waals surface area contributed by atoms with E-state index in [-0.39, 0.29) is 12.2 Å². The molecule has 0 aliphatic rings. The molecule has 1 N–H and O–H groups in total. The highest BCUT2D eigenvalue weighted by atomic mass is 19.3. The lowest BCUT2D eigenvalue weighted by Crippen LogP contribution is -2.12. The Morgan fingerprint density at radius 1 is 1.48 bits per heavy atom. The number of carbonyl (C=O) groups is 1. The number of aryl methyl sites for hydroxylation is 1. The number of aromatic carboxylic acids is 1. The number of ether oxygens (including phenoxy) is 1. The Morgan fingerprint density at radius 3 is 2.86 bits per heavy atom. The Balaban J connectivity index is 2.22. The molecule has 1 heterocycles. The van der Waals surface area contributed by atoms with Gasteiger partial charge in [-0.15, -0.1) is 0 Å². The van der Waals surface area contributed by atoms with Crippen LogP contribution in [-0.2, 0) is 17.7 Å². The summed E-state index contributed by atoms with van der Waals surface area (Å²) < 4.78 is 30.8. The molecule has 0 atom stereocenters. The third kappa shape index (κ3) is 3.55. The number of aromatic nitrogens is 2. The van der Waals surface area contributed by atoms with Crippen molar-refractivity contribution in [1.82, 2.24) is 9.55 Å². The van der Waals surface area contributed by atoms with Crippen LogP contribution in [0.5, 0.6) is 0 Å². The quantitative estimate of drug-likeness (QED) is 0.798. The van der Waals surface area contributed by atoms with E-state index in [1.54, 1.807) is 6.07 Å². The van der Waals surface area contributed by atoms with Crippen molar-refractivity contribution in [3.05, 3.63) is 29.6 Å². The standard InChI is InChI=1S/C14H16F2N2O3/c1-2-13-17-10-7-9(14(19)20)3-4-11(10)18(13)5-6-21-8-12(15)16/h3-4,7,12H,2,5-6,8H2,1H3,(H,19,20). The molecule has 0 unspecified atom stereocenters. The summed E-state index contributed by atoms with van der Waals surface area (Å²) in [4.78, 5) is 15.3. The summed E-state index contributed by atoms with van der Waals surface area (Å²) >= 11 is 0. The van der Waals surface area contributed by atoms with Crippen LogP contribution in [0.25, 0.3) is 11.0 Å². The normalized spacial score (nSPS) is 11.4. The van der Waals surface area contributed by atoms with Gasteiger partial charge in [0.2, 0.25) is 0 Å². The van der Waals surface area contributed by atoms with Gasteiger partial charge >= 0.3 is 5.97 Å². The highest BCUT2D eigenvalue weighted by molar-refractivity contribution is 5.92. The number of fused-ring (bicyclic) bond motifs is 1. The predicted octanol–water partition coefficient (Wildman–Crippen LogP) is 2.58. The zero-order valence-electron chi connectivity index (χ0n) is 11.6. The maximum Gasteiger partial charge on any atom is 0.335 e. The molecule has 0 radical (unpaired) electrons. The van der Waals surface area contributed by atoms with Gasteiger partial charge in [0.1, 0.15) is 12.4 Å². The van der Waals surface area contributed by atoms with Crippen LogP contribution in [0.15, 0.2) is 18.2 Å². The third-order valence-corrected chi connectivity index (χ3v) is 3.09. The average molecular weight is 298 g/mol. The maximum atomic E-state index is 12.0. The smallest absolute Gasteiger partial charge is 0.335 e. The minimum absolute atomic E-state index is 0.156. The van der Waals surface area contributed by atoms with Gasteiger partial charge in [0, 0.05) is 13.0 Å². The van der Waals surface area contributed by atoms with Gasteiger partial charge in [-0.3, -0.25) is 0 Å². The van der Waals surface area contributed by atoms with Crippen molar-refractivity contribution < 1.29 is 23.4 Å². The lowest BCUT2D eigenvalue weighted by atomic mass is 10.2. The van der Waals surface area contributed by atoms with E-state index in [4.69, 9.17) is 9.84 Å². The number of carboxylic acid groups (broad SMARTS) is 1. The molecule has 5 nitrogen and oxygen atoms in total. The minimum Gasteiger partial charge on any atom is -0.478 e. The van der Waals surface area contributed by atoms with Crippen LogP contribution in [0.3, 0.4) is 0 Å². The van der Waals surface area contributed by atoms with Crippen LogP contribution in [0, 0.1) is 0 Å². The first-order chi connectivity index (χ1) is 10.0. The van der Waals surface area contributed by atoms with E-state index in [0.29, 0.717) is 18.5 Å². The highest BCUT2D eigenvalue weighted by Gasteiger charge is 2.12. The second-order valence-electron chi connectivity index (χ2n) is 4.51. The molecule has 114 valence electrons. The minimum atomic E-state index is -2.48. The van der Waals surface area contributed by atoms with E-state index in [2.05, 4.69) is 4.98 Å². The fraction of sp³-hybridized carbons (Fsp3) is 0.429. The zero-order valence-corrected chi connectivity index (χ0v) is 11.6. The number of benzene rings is 1. The predicted molar refractivity (Wildman–Crippen MR) is 72.9 cm³/mol. The van der Waals surface area contributed by atoms with E-state index in [0.717, 1.165) is 11.3 Å². The molecule has 7 heteroatoms. The molecule has 0 bridgehead atoms. The monoisotopic (exact) mass is 298 g/mol. The van der Waals surface area contributed by atoms with Crippen LogP contribution < -0.4 is 0 Å². The Bertz CT molecular complexity index is 640. The summed E-state index contributed by atoms with van der Waals surface area (Å²) in [7, 11) is 0. The number of imidazole rings is 1. The number of hydrogen-bond donors (Lipinski definition) is 1. The van der Waals surface area contributed by atoms with Gasteiger partial charge in [0.25, 0.3) is 6.43 Å². The van der Waals surface area contributed by atoms with E-state index in [9.17, 15) is 13.6 Å². The van der Waals surface area contributed by atoms with Crippen molar-refractivity contribution >= 4 is 17.0 Å². The SMILES string of the molecule is CCc1nc2cc(C(=O)O)ccc2n1CCOCC(F)F. The molecule has 0 aliphatic carbocycles. The molecule has 0 spiro atoms. The molecule has 0 amide bonds. The van der Waals surface area contributed by atoms with Gasteiger partial charge in [-0.25, -0.2) is 18.6 Å². The number of alkyl halides is 2. The lowest BCUT2D eigenvalue weighted by Gasteiger charge is -2.08. The van der Waals surface area contributed by atoms with Crippen LogP contribution >= 0.6 is 0 Å².